The van der Waals surface area contributed by atoms with Crippen molar-refractivity contribution in [3.8, 4) is 0 Å². The number of amides is 1. The first-order chi connectivity index (χ1) is 7.44. The molecule has 1 aliphatic rings. The third-order valence-corrected chi connectivity index (χ3v) is 3.36. The van der Waals surface area contributed by atoms with Gasteiger partial charge in [0, 0.05) is 12.5 Å². The standard InChI is InChI=1S/C12H24N2O2/c1-12(2,7-13)8-14-11(16)9-3-5-10(15)6-4-9/h9-10,15H,3-8,13H2,1-2H3,(H,14,16). The fourth-order valence-corrected chi connectivity index (χ4v) is 1.88. The van der Waals surface area contributed by atoms with E-state index in [0.29, 0.717) is 13.1 Å². The van der Waals surface area contributed by atoms with Gasteiger partial charge < -0.3 is 16.2 Å². The Balaban J connectivity index is 2.30. The maximum atomic E-state index is 11.8. The molecule has 0 aromatic rings. The minimum absolute atomic E-state index is 0.0379. The fraction of sp³-hybridized carbons (Fsp3) is 0.917. The molecule has 16 heavy (non-hydrogen) atoms. The van der Waals surface area contributed by atoms with Gasteiger partial charge in [-0.05, 0) is 37.6 Å². The summed E-state index contributed by atoms with van der Waals surface area (Å²) in [5, 5.41) is 12.3. The Bertz CT molecular complexity index is 233. The monoisotopic (exact) mass is 228 g/mol. The van der Waals surface area contributed by atoms with Crippen LogP contribution in [0.4, 0.5) is 0 Å². The molecule has 1 aliphatic carbocycles. The highest BCUT2D eigenvalue weighted by molar-refractivity contribution is 5.78. The Hall–Kier alpha value is -0.610. The largest absolute Gasteiger partial charge is 0.393 e. The first-order valence-corrected chi connectivity index (χ1v) is 6.10. The van der Waals surface area contributed by atoms with Gasteiger partial charge in [-0.3, -0.25) is 4.79 Å². The number of hydrogen-bond acceptors (Lipinski definition) is 3. The summed E-state index contributed by atoms with van der Waals surface area (Å²) in [5.74, 6) is 0.199. The minimum atomic E-state index is -0.204. The molecule has 0 atom stereocenters. The third kappa shape index (κ3) is 4.10. The molecular formula is C12H24N2O2. The van der Waals surface area contributed by atoms with E-state index in [1.807, 2.05) is 13.8 Å². The van der Waals surface area contributed by atoms with Crippen molar-refractivity contribution < 1.29 is 9.90 Å². The Kier molecular flexibility index (Phi) is 4.74. The predicted octanol–water partition coefficient (Wildman–Crippen LogP) is 0.639. The molecule has 4 N–H and O–H groups in total. The molecule has 0 aromatic carbocycles. The van der Waals surface area contributed by atoms with Crippen molar-refractivity contribution in [2.24, 2.45) is 17.1 Å². The lowest BCUT2D eigenvalue weighted by atomic mass is 9.86. The van der Waals surface area contributed by atoms with E-state index in [-0.39, 0.29) is 23.3 Å². The molecule has 0 spiro atoms. The number of carbonyl (C=O) groups excluding carboxylic acids is 1. The summed E-state index contributed by atoms with van der Waals surface area (Å²) in [6.07, 6.45) is 2.90. The zero-order chi connectivity index (χ0) is 12.2. The normalized spacial score (nSPS) is 26.5. The van der Waals surface area contributed by atoms with Crippen LogP contribution in [0.2, 0.25) is 0 Å². The number of hydrogen-bond donors (Lipinski definition) is 3. The Morgan fingerprint density at radius 1 is 1.38 bits per heavy atom. The quantitative estimate of drug-likeness (QED) is 0.661. The van der Waals surface area contributed by atoms with Crippen molar-refractivity contribution >= 4 is 5.91 Å². The third-order valence-electron chi connectivity index (χ3n) is 3.36. The second-order valence-electron chi connectivity index (χ2n) is 5.59. The van der Waals surface area contributed by atoms with E-state index < -0.39 is 0 Å². The van der Waals surface area contributed by atoms with Gasteiger partial charge in [0.1, 0.15) is 0 Å². The van der Waals surface area contributed by atoms with Crippen LogP contribution < -0.4 is 11.1 Å². The van der Waals surface area contributed by atoms with E-state index in [1.165, 1.54) is 0 Å². The molecular weight excluding hydrogens is 204 g/mol. The second-order valence-corrected chi connectivity index (χ2v) is 5.59. The topological polar surface area (TPSA) is 75.3 Å². The Morgan fingerprint density at radius 2 is 1.94 bits per heavy atom. The number of nitrogens with one attached hydrogen (secondary N) is 1. The molecule has 0 aromatic heterocycles. The molecule has 1 rings (SSSR count). The Labute approximate surface area is 97.6 Å². The highest BCUT2D eigenvalue weighted by Crippen LogP contribution is 2.24. The van der Waals surface area contributed by atoms with Crippen LogP contribution in [0.1, 0.15) is 39.5 Å². The van der Waals surface area contributed by atoms with Gasteiger partial charge in [0.25, 0.3) is 0 Å². The van der Waals surface area contributed by atoms with Crippen LogP contribution in [-0.4, -0.2) is 30.2 Å². The average molecular weight is 228 g/mol. The molecule has 94 valence electrons. The van der Waals surface area contributed by atoms with E-state index in [4.69, 9.17) is 5.73 Å². The van der Waals surface area contributed by atoms with Crippen molar-refractivity contribution in [1.82, 2.24) is 5.32 Å². The van der Waals surface area contributed by atoms with Crippen LogP contribution in [0.5, 0.6) is 0 Å². The van der Waals surface area contributed by atoms with Crippen molar-refractivity contribution in [3.63, 3.8) is 0 Å². The lowest BCUT2D eigenvalue weighted by Gasteiger charge is -2.27. The zero-order valence-electron chi connectivity index (χ0n) is 10.3. The van der Waals surface area contributed by atoms with Gasteiger partial charge >= 0.3 is 0 Å². The van der Waals surface area contributed by atoms with Gasteiger partial charge in [-0.2, -0.15) is 0 Å². The van der Waals surface area contributed by atoms with Crippen molar-refractivity contribution in [2.45, 2.75) is 45.6 Å². The smallest absolute Gasteiger partial charge is 0.223 e. The van der Waals surface area contributed by atoms with Gasteiger partial charge in [-0.25, -0.2) is 0 Å². The first kappa shape index (κ1) is 13.5. The summed E-state index contributed by atoms with van der Waals surface area (Å²) in [6.45, 7) is 5.27. The minimum Gasteiger partial charge on any atom is -0.393 e. The molecule has 4 nitrogen and oxygen atoms in total. The summed E-state index contributed by atoms with van der Waals surface area (Å²) in [4.78, 5) is 11.8. The van der Waals surface area contributed by atoms with Crippen LogP contribution in [0, 0.1) is 11.3 Å². The highest BCUT2D eigenvalue weighted by atomic mass is 16.3. The summed E-state index contributed by atoms with van der Waals surface area (Å²) >= 11 is 0. The summed E-state index contributed by atoms with van der Waals surface area (Å²) < 4.78 is 0. The van der Waals surface area contributed by atoms with E-state index in [9.17, 15) is 9.90 Å². The van der Waals surface area contributed by atoms with Crippen LogP contribution in [0.15, 0.2) is 0 Å². The highest BCUT2D eigenvalue weighted by Gasteiger charge is 2.26. The summed E-state index contributed by atoms with van der Waals surface area (Å²) in [7, 11) is 0. The molecule has 0 heterocycles. The average Bonchev–Trinajstić information content (AvgIpc) is 2.27. The van der Waals surface area contributed by atoms with Crippen molar-refractivity contribution in [3.05, 3.63) is 0 Å². The molecule has 1 saturated carbocycles. The van der Waals surface area contributed by atoms with Gasteiger partial charge in [0.15, 0.2) is 0 Å². The zero-order valence-corrected chi connectivity index (χ0v) is 10.3. The first-order valence-electron chi connectivity index (χ1n) is 6.10. The molecule has 1 amide bonds. The molecule has 4 heteroatoms. The number of aliphatic hydroxyl groups is 1. The van der Waals surface area contributed by atoms with E-state index in [0.717, 1.165) is 25.7 Å². The lowest BCUT2D eigenvalue weighted by molar-refractivity contribution is -0.127. The van der Waals surface area contributed by atoms with Crippen LogP contribution in [0.25, 0.3) is 0 Å². The number of nitrogens with two attached hydrogens (primary N) is 1. The second kappa shape index (κ2) is 5.64. The fourth-order valence-electron chi connectivity index (χ4n) is 1.88. The Morgan fingerprint density at radius 3 is 2.44 bits per heavy atom. The summed E-state index contributed by atoms with van der Waals surface area (Å²) in [5.41, 5.74) is 5.57. The molecule has 0 bridgehead atoms. The van der Waals surface area contributed by atoms with Crippen LogP contribution in [-0.2, 0) is 4.79 Å². The maximum Gasteiger partial charge on any atom is 0.223 e. The van der Waals surface area contributed by atoms with Gasteiger partial charge in [0.2, 0.25) is 5.91 Å². The number of carbonyl (C=O) groups is 1. The molecule has 0 unspecified atom stereocenters. The van der Waals surface area contributed by atoms with E-state index in [1.54, 1.807) is 0 Å². The van der Waals surface area contributed by atoms with Crippen molar-refractivity contribution in [1.29, 1.82) is 0 Å². The van der Waals surface area contributed by atoms with Crippen LogP contribution in [0.3, 0.4) is 0 Å². The van der Waals surface area contributed by atoms with E-state index in [2.05, 4.69) is 5.32 Å². The summed E-state index contributed by atoms with van der Waals surface area (Å²) in [6, 6.07) is 0. The molecule has 0 aliphatic heterocycles. The number of aliphatic hydroxyl groups excluding tert-OH is 1. The van der Waals surface area contributed by atoms with Crippen molar-refractivity contribution in [2.75, 3.05) is 13.1 Å². The lowest BCUT2D eigenvalue weighted by Crippen LogP contribution is -2.41. The molecule has 0 radical (unpaired) electrons. The predicted molar refractivity (Wildman–Crippen MR) is 63.8 cm³/mol. The van der Waals surface area contributed by atoms with Gasteiger partial charge in [-0.1, -0.05) is 13.8 Å². The molecule has 1 fully saturated rings. The maximum absolute atomic E-state index is 11.8. The van der Waals surface area contributed by atoms with Gasteiger partial charge in [0.05, 0.1) is 6.10 Å². The number of rotatable bonds is 4. The van der Waals surface area contributed by atoms with Crippen LogP contribution >= 0.6 is 0 Å². The van der Waals surface area contributed by atoms with Gasteiger partial charge in [-0.15, -0.1) is 0 Å². The molecule has 0 saturated heterocycles. The SMILES string of the molecule is CC(C)(CN)CNC(=O)C1CCC(O)CC1. The van der Waals surface area contributed by atoms with E-state index >= 15 is 0 Å².